The highest BCUT2D eigenvalue weighted by Crippen LogP contribution is 2.28. The van der Waals surface area contributed by atoms with Gasteiger partial charge in [-0.05, 0) is 38.0 Å². The maximum absolute atomic E-state index is 12.0. The summed E-state index contributed by atoms with van der Waals surface area (Å²) in [7, 11) is 0. The lowest BCUT2D eigenvalue weighted by Crippen LogP contribution is -2.46. The molecular formula is C15H28N2O2. The van der Waals surface area contributed by atoms with Crippen molar-refractivity contribution >= 4 is 5.91 Å². The summed E-state index contributed by atoms with van der Waals surface area (Å²) in [6.07, 6.45) is 8.92. The maximum atomic E-state index is 12.0. The lowest BCUT2D eigenvalue weighted by atomic mass is 9.83. The van der Waals surface area contributed by atoms with Gasteiger partial charge in [-0.2, -0.15) is 0 Å². The summed E-state index contributed by atoms with van der Waals surface area (Å²) in [5.41, 5.74) is 0. The summed E-state index contributed by atoms with van der Waals surface area (Å²) in [6, 6.07) is 0.165. The minimum absolute atomic E-state index is 0.0774. The smallest absolute Gasteiger partial charge is 0.237 e. The number of amides is 1. The standard InChI is InChI=1S/C15H28N2O2/c1-2-3-4-11-5-7-12(8-6-11)17-15(19)14-9-13(18)10-16-14/h11-14,16,18H,2-10H2,1H3,(H,17,19). The molecule has 3 N–H and O–H groups in total. The Morgan fingerprint density at radius 3 is 2.63 bits per heavy atom. The topological polar surface area (TPSA) is 61.4 Å². The summed E-state index contributed by atoms with van der Waals surface area (Å²) in [5, 5.41) is 15.6. The Bertz CT molecular complexity index is 288. The number of nitrogens with one attached hydrogen (secondary N) is 2. The lowest BCUT2D eigenvalue weighted by molar-refractivity contribution is -0.123. The van der Waals surface area contributed by atoms with Gasteiger partial charge in [-0.3, -0.25) is 4.79 Å². The SMILES string of the molecule is CCCCC1CCC(NC(=O)C2CC(O)CN2)CC1. The van der Waals surface area contributed by atoms with Crippen LogP contribution >= 0.6 is 0 Å². The fourth-order valence-corrected chi connectivity index (χ4v) is 3.31. The van der Waals surface area contributed by atoms with Gasteiger partial charge >= 0.3 is 0 Å². The molecule has 1 aliphatic heterocycles. The lowest BCUT2D eigenvalue weighted by Gasteiger charge is -2.29. The zero-order valence-electron chi connectivity index (χ0n) is 12.0. The summed E-state index contributed by atoms with van der Waals surface area (Å²) in [5.74, 6) is 0.952. The second kappa shape index (κ2) is 7.25. The second-order valence-electron chi connectivity index (χ2n) is 6.22. The highest BCUT2D eigenvalue weighted by atomic mass is 16.3. The van der Waals surface area contributed by atoms with E-state index >= 15 is 0 Å². The summed E-state index contributed by atoms with van der Waals surface area (Å²) in [4.78, 5) is 12.0. The van der Waals surface area contributed by atoms with Gasteiger partial charge < -0.3 is 15.7 Å². The van der Waals surface area contributed by atoms with Crippen LogP contribution in [0.5, 0.6) is 0 Å². The molecule has 0 aromatic carbocycles. The third-order valence-corrected chi connectivity index (χ3v) is 4.58. The van der Waals surface area contributed by atoms with Crippen LogP contribution in [0.1, 0.15) is 58.3 Å². The highest BCUT2D eigenvalue weighted by Gasteiger charge is 2.30. The van der Waals surface area contributed by atoms with E-state index in [0.717, 1.165) is 18.8 Å². The number of aliphatic hydroxyl groups is 1. The number of β-amino-alcohol motifs (C(OH)–C–C–N with tert-alkyl or cyclic N) is 1. The first-order chi connectivity index (χ1) is 9.19. The number of hydrogen-bond acceptors (Lipinski definition) is 3. The van der Waals surface area contributed by atoms with Crippen LogP contribution in [0.3, 0.4) is 0 Å². The van der Waals surface area contributed by atoms with Gasteiger partial charge in [0.05, 0.1) is 12.1 Å². The van der Waals surface area contributed by atoms with E-state index in [9.17, 15) is 9.90 Å². The van der Waals surface area contributed by atoms with Crippen LogP contribution < -0.4 is 10.6 Å². The highest BCUT2D eigenvalue weighted by molar-refractivity contribution is 5.82. The Hall–Kier alpha value is -0.610. The minimum atomic E-state index is -0.361. The average molecular weight is 268 g/mol. The van der Waals surface area contributed by atoms with Crippen molar-refractivity contribution in [1.29, 1.82) is 0 Å². The first-order valence-corrected chi connectivity index (χ1v) is 7.90. The zero-order valence-corrected chi connectivity index (χ0v) is 12.0. The summed E-state index contributed by atoms with van der Waals surface area (Å²) < 4.78 is 0. The van der Waals surface area contributed by atoms with Gasteiger partial charge in [0.1, 0.15) is 0 Å². The van der Waals surface area contributed by atoms with Crippen molar-refractivity contribution in [2.75, 3.05) is 6.54 Å². The molecule has 19 heavy (non-hydrogen) atoms. The van der Waals surface area contributed by atoms with Gasteiger partial charge in [0.15, 0.2) is 0 Å². The Morgan fingerprint density at radius 1 is 1.32 bits per heavy atom. The third-order valence-electron chi connectivity index (χ3n) is 4.58. The van der Waals surface area contributed by atoms with Gasteiger partial charge in [-0.1, -0.05) is 26.2 Å². The van der Waals surface area contributed by atoms with E-state index in [4.69, 9.17) is 0 Å². The number of rotatable bonds is 5. The van der Waals surface area contributed by atoms with Crippen molar-refractivity contribution in [3.63, 3.8) is 0 Å². The number of carbonyl (C=O) groups is 1. The van der Waals surface area contributed by atoms with E-state index in [1.54, 1.807) is 0 Å². The van der Waals surface area contributed by atoms with Crippen molar-refractivity contribution in [1.82, 2.24) is 10.6 Å². The molecule has 2 unspecified atom stereocenters. The van der Waals surface area contributed by atoms with E-state index in [-0.39, 0.29) is 18.1 Å². The molecule has 4 nitrogen and oxygen atoms in total. The van der Waals surface area contributed by atoms with E-state index in [0.29, 0.717) is 19.0 Å². The number of unbranched alkanes of at least 4 members (excludes halogenated alkanes) is 1. The quantitative estimate of drug-likeness (QED) is 0.709. The van der Waals surface area contributed by atoms with E-state index in [2.05, 4.69) is 17.6 Å². The van der Waals surface area contributed by atoms with Gasteiger partial charge in [0.25, 0.3) is 0 Å². The Balaban J connectivity index is 1.66. The normalized spacial score (nSPS) is 35.3. The molecular weight excluding hydrogens is 240 g/mol. The van der Waals surface area contributed by atoms with Crippen LogP contribution in [0.25, 0.3) is 0 Å². The molecule has 110 valence electrons. The molecule has 2 rings (SSSR count). The molecule has 0 spiro atoms. The third kappa shape index (κ3) is 4.46. The van der Waals surface area contributed by atoms with Crippen LogP contribution in [-0.2, 0) is 4.79 Å². The van der Waals surface area contributed by atoms with E-state index in [1.165, 1.54) is 32.1 Å². The Morgan fingerprint density at radius 2 is 2.05 bits per heavy atom. The second-order valence-corrected chi connectivity index (χ2v) is 6.22. The maximum Gasteiger partial charge on any atom is 0.237 e. The van der Waals surface area contributed by atoms with Gasteiger partial charge in [0.2, 0.25) is 5.91 Å². The summed E-state index contributed by atoms with van der Waals surface area (Å²) in [6.45, 7) is 2.79. The molecule has 2 fully saturated rings. The first kappa shape index (κ1) is 14.8. The van der Waals surface area contributed by atoms with Crippen molar-refractivity contribution in [2.24, 2.45) is 5.92 Å². The molecule has 0 bridgehead atoms. The predicted molar refractivity (Wildman–Crippen MR) is 75.8 cm³/mol. The largest absolute Gasteiger partial charge is 0.392 e. The molecule has 1 saturated carbocycles. The Kier molecular flexibility index (Phi) is 5.64. The van der Waals surface area contributed by atoms with Gasteiger partial charge in [-0.15, -0.1) is 0 Å². The molecule has 0 aromatic heterocycles. The van der Waals surface area contributed by atoms with Crippen molar-refractivity contribution in [3.8, 4) is 0 Å². The number of hydrogen-bond donors (Lipinski definition) is 3. The molecule has 1 amide bonds. The van der Waals surface area contributed by atoms with Crippen molar-refractivity contribution < 1.29 is 9.90 Å². The molecule has 2 atom stereocenters. The monoisotopic (exact) mass is 268 g/mol. The van der Waals surface area contributed by atoms with Crippen LogP contribution in [-0.4, -0.2) is 35.7 Å². The van der Waals surface area contributed by atoms with Gasteiger partial charge in [0, 0.05) is 12.6 Å². The van der Waals surface area contributed by atoms with Crippen molar-refractivity contribution in [3.05, 3.63) is 0 Å². The van der Waals surface area contributed by atoms with E-state index < -0.39 is 0 Å². The molecule has 1 aliphatic carbocycles. The van der Waals surface area contributed by atoms with Crippen LogP contribution in [0, 0.1) is 5.92 Å². The number of aliphatic hydroxyl groups excluding tert-OH is 1. The minimum Gasteiger partial charge on any atom is -0.392 e. The predicted octanol–water partition coefficient (Wildman–Crippen LogP) is 1.57. The molecule has 2 aliphatic rings. The fraction of sp³-hybridized carbons (Fsp3) is 0.933. The molecule has 1 heterocycles. The summed E-state index contributed by atoms with van der Waals surface area (Å²) >= 11 is 0. The van der Waals surface area contributed by atoms with E-state index in [1.807, 2.05) is 0 Å². The molecule has 0 aromatic rings. The molecule has 4 heteroatoms. The Labute approximate surface area is 116 Å². The van der Waals surface area contributed by atoms with Crippen LogP contribution in [0.2, 0.25) is 0 Å². The fourth-order valence-electron chi connectivity index (χ4n) is 3.31. The van der Waals surface area contributed by atoms with Crippen LogP contribution in [0.15, 0.2) is 0 Å². The number of carbonyl (C=O) groups excluding carboxylic acids is 1. The van der Waals surface area contributed by atoms with Crippen molar-refractivity contribution in [2.45, 2.75) is 76.5 Å². The zero-order chi connectivity index (χ0) is 13.7. The van der Waals surface area contributed by atoms with Crippen LogP contribution in [0.4, 0.5) is 0 Å². The average Bonchev–Trinajstić information content (AvgIpc) is 2.85. The first-order valence-electron chi connectivity index (χ1n) is 7.90. The molecule has 1 saturated heterocycles. The van der Waals surface area contributed by atoms with Gasteiger partial charge in [-0.25, -0.2) is 0 Å². The molecule has 0 radical (unpaired) electrons.